The average Bonchev–Trinajstić information content (AvgIpc) is 3.14. The Balaban J connectivity index is 1.33. The SMILES string of the molecule is CCc1ccc(-c2nc(=S)n(CN3CCC(C(=O)Nc4cccc(C)n4)CC3)[nH]2)cc1. The molecule has 1 amide bonds. The van der Waals surface area contributed by atoms with Crippen molar-refractivity contribution < 1.29 is 4.79 Å². The lowest BCUT2D eigenvalue weighted by Crippen LogP contribution is -2.39. The zero-order valence-electron chi connectivity index (χ0n) is 18.0. The van der Waals surface area contributed by atoms with Crippen molar-refractivity contribution in [3.63, 3.8) is 0 Å². The third kappa shape index (κ3) is 5.26. The fourth-order valence-electron chi connectivity index (χ4n) is 3.86. The number of H-pyrrole nitrogens is 1. The first-order valence-electron chi connectivity index (χ1n) is 10.7. The minimum atomic E-state index is 0.000872. The summed E-state index contributed by atoms with van der Waals surface area (Å²) < 4.78 is 2.44. The molecule has 1 saturated heterocycles. The van der Waals surface area contributed by atoms with Crippen LogP contribution in [0.15, 0.2) is 42.5 Å². The number of amides is 1. The topological polar surface area (TPSA) is 78.8 Å². The van der Waals surface area contributed by atoms with Gasteiger partial charge in [-0.1, -0.05) is 37.3 Å². The zero-order chi connectivity index (χ0) is 21.8. The number of hydrogen-bond donors (Lipinski definition) is 2. The molecule has 1 aliphatic rings. The first-order chi connectivity index (χ1) is 15.0. The van der Waals surface area contributed by atoms with Crippen LogP contribution in [0.1, 0.15) is 31.0 Å². The molecule has 2 N–H and O–H groups in total. The number of likely N-dealkylation sites (tertiary alicyclic amines) is 1. The lowest BCUT2D eigenvalue weighted by Gasteiger charge is -2.31. The van der Waals surface area contributed by atoms with Gasteiger partial charge in [0.25, 0.3) is 0 Å². The first kappa shape index (κ1) is 21.4. The van der Waals surface area contributed by atoms with Crippen LogP contribution in [-0.2, 0) is 17.9 Å². The molecule has 0 atom stereocenters. The predicted octanol–water partition coefficient (Wildman–Crippen LogP) is 4.18. The number of rotatable bonds is 6. The Bertz CT molecular complexity index is 1100. The number of benzene rings is 1. The monoisotopic (exact) mass is 436 g/mol. The smallest absolute Gasteiger partial charge is 0.228 e. The van der Waals surface area contributed by atoms with E-state index in [1.54, 1.807) is 0 Å². The van der Waals surface area contributed by atoms with E-state index in [1.807, 2.05) is 29.8 Å². The molecule has 0 bridgehead atoms. The van der Waals surface area contributed by atoms with E-state index in [4.69, 9.17) is 12.2 Å². The predicted molar refractivity (Wildman–Crippen MR) is 124 cm³/mol. The second kappa shape index (κ2) is 9.53. The Kier molecular flexibility index (Phi) is 6.58. The number of carbonyl (C=O) groups is 1. The average molecular weight is 437 g/mol. The maximum atomic E-state index is 12.6. The molecule has 2 aromatic heterocycles. The quantitative estimate of drug-likeness (QED) is 0.567. The number of hydrogen-bond acceptors (Lipinski definition) is 5. The number of pyridine rings is 1. The van der Waals surface area contributed by atoms with Crippen LogP contribution in [0, 0.1) is 17.6 Å². The van der Waals surface area contributed by atoms with Gasteiger partial charge in [-0.2, -0.15) is 4.98 Å². The summed E-state index contributed by atoms with van der Waals surface area (Å²) in [5, 5.41) is 6.28. The second-order valence-corrected chi connectivity index (χ2v) is 8.39. The van der Waals surface area contributed by atoms with E-state index in [2.05, 4.69) is 56.5 Å². The second-order valence-electron chi connectivity index (χ2n) is 8.02. The molecule has 4 rings (SSSR count). The van der Waals surface area contributed by atoms with Crippen LogP contribution in [0.5, 0.6) is 0 Å². The van der Waals surface area contributed by atoms with Crippen LogP contribution in [-0.4, -0.2) is 43.6 Å². The van der Waals surface area contributed by atoms with Crippen molar-refractivity contribution in [1.82, 2.24) is 24.6 Å². The summed E-state index contributed by atoms with van der Waals surface area (Å²) in [7, 11) is 0. The van der Waals surface area contributed by atoms with E-state index in [1.165, 1.54) is 5.56 Å². The van der Waals surface area contributed by atoms with Gasteiger partial charge in [-0.3, -0.25) is 14.8 Å². The fraction of sp³-hybridized carbons (Fsp3) is 0.391. The van der Waals surface area contributed by atoms with E-state index in [9.17, 15) is 4.79 Å². The normalized spacial score (nSPS) is 15.2. The third-order valence-corrected chi connectivity index (χ3v) is 6.07. The highest BCUT2D eigenvalue weighted by Gasteiger charge is 2.25. The van der Waals surface area contributed by atoms with Crippen molar-refractivity contribution in [2.45, 2.75) is 39.8 Å². The van der Waals surface area contributed by atoms with Crippen LogP contribution in [0.3, 0.4) is 0 Å². The van der Waals surface area contributed by atoms with Gasteiger partial charge in [-0.25, -0.2) is 9.67 Å². The third-order valence-electron chi connectivity index (χ3n) is 5.75. The molecule has 7 nitrogen and oxygen atoms in total. The van der Waals surface area contributed by atoms with E-state index in [0.29, 0.717) is 17.3 Å². The molecule has 0 saturated carbocycles. The van der Waals surface area contributed by atoms with Crippen molar-refractivity contribution in [1.29, 1.82) is 0 Å². The van der Waals surface area contributed by atoms with Crippen molar-refractivity contribution in [2.24, 2.45) is 5.92 Å². The summed E-state index contributed by atoms with van der Waals surface area (Å²) in [6, 6.07) is 14.0. The van der Waals surface area contributed by atoms with Crippen molar-refractivity contribution in [2.75, 3.05) is 18.4 Å². The molecule has 0 aliphatic carbocycles. The van der Waals surface area contributed by atoms with Gasteiger partial charge in [-0.15, -0.1) is 0 Å². The Morgan fingerprint density at radius 3 is 2.58 bits per heavy atom. The number of aryl methyl sites for hydroxylation is 2. The molecule has 1 fully saturated rings. The van der Waals surface area contributed by atoms with Gasteiger partial charge >= 0.3 is 0 Å². The number of anilines is 1. The van der Waals surface area contributed by atoms with Crippen LogP contribution < -0.4 is 5.32 Å². The minimum Gasteiger partial charge on any atom is -0.310 e. The Morgan fingerprint density at radius 2 is 1.90 bits per heavy atom. The lowest BCUT2D eigenvalue weighted by molar-refractivity contribution is -0.121. The Morgan fingerprint density at radius 1 is 1.16 bits per heavy atom. The van der Waals surface area contributed by atoms with E-state index in [-0.39, 0.29) is 11.8 Å². The molecule has 3 aromatic rings. The summed E-state index contributed by atoms with van der Waals surface area (Å²) in [6.45, 7) is 6.37. The summed E-state index contributed by atoms with van der Waals surface area (Å²) in [6.07, 6.45) is 2.63. The molecule has 0 unspecified atom stereocenters. The van der Waals surface area contributed by atoms with Gasteiger partial charge in [0.15, 0.2) is 5.82 Å². The Labute approximate surface area is 187 Å². The van der Waals surface area contributed by atoms with E-state index in [0.717, 1.165) is 49.4 Å². The van der Waals surface area contributed by atoms with Crippen molar-refractivity contribution in [3.8, 4) is 11.4 Å². The summed E-state index contributed by atoms with van der Waals surface area (Å²) in [4.78, 5) is 23.8. The first-order valence-corrected chi connectivity index (χ1v) is 11.2. The zero-order valence-corrected chi connectivity index (χ0v) is 18.8. The largest absolute Gasteiger partial charge is 0.310 e. The number of aromatic nitrogens is 4. The molecular weight excluding hydrogens is 408 g/mol. The maximum Gasteiger partial charge on any atom is 0.228 e. The standard InChI is InChI=1S/C23H28N6OS/c1-3-17-7-9-18(10-8-17)21-26-23(31)29(27-21)15-28-13-11-19(12-14-28)22(30)25-20-6-4-5-16(2)24-20/h4-10,19H,3,11-15H2,1-2H3,(H,24,25,30)(H,26,27,31). The molecule has 8 heteroatoms. The van der Waals surface area contributed by atoms with Gasteiger partial charge in [0.1, 0.15) is 5.82 Å². The molecule has 0 radical (unpaired) electrons. The summed E-state index contributed by atoms with van der Waals surface area (Å²) in [5.74, 6) is 1.46. The summed E-state index contributed by atoms with van der Waals surface area (Å²) >= 11 is 5.46. The van der Waals surface area contributed by atoms with Gasteiger partial charge in [0.2, 0.25) is 10.7 Å². The number of aromatic amines is 1. The number of piperidine rings is 1. The van der Waals surface area contributed by atoms with Gasteiger partial charge < -0.3 is 5.32 Å². The van der Waals surface area contributed by atoms with Crippen molar-refractivity contribution in [3.05, 3.63) is 58.5 Å². The van der Waals surface area contributed by atoms with Gasteiger partial charge in [0.05, 0.1) is 6.67 Å². The van der Waals surface area contributed by atoms with Crippen LogP contribution in [0.4, 0.5) is 5.82 Å². The number of nitrogens with zero attached hydrogens (tertiary/aromatic N) is 4. The van der Waals surface area contributed by atoms with E-state index >= 15 is 0 Å². The highest BCUT2D eigenvalue weighted by molar-refractivity contribution is 7.71. The molecule has 162 valence electrons. The number of nitrogens with one attached hydrogen (secondary N) is 2. The van der Waals surface area contributed by atoms with Crippen LogP contribution in [0.25, 0.3) is 11.4 Å². The molecule has 1 aromatic carbocycles. The Hall–Kier alpha value is -2.84. The highest BCUT2D eigenvalue weighted by atomic mass is 32.1. The van der Waals surface area contributed by atoms with Crippen LogP contribution >= 0.6 is 12.2 Å². The van der Waals surface area contributed by atoms with Gasteiger partial charge in [-0.05, 0) is 56.1 Å². The maximum absolute atomic E-state index is 12.6. The van der Waals surface area contributed by atoms with Crippen LogP contribution in [0.2, 0.25) is 0 Å². The molecule has 1 aliphatic heterocycles. The molecular formula is C23H28N6OS. The van der Waals surface area contributed by atoms with E-state index < -0.39 is 0 Å². The molecule has 31 heavy (non-hydrogen) atoms. The lowest BCUT2D eigenvalue weighted by atomic mass is 9.96. The number of carbonyl (C=O) groups excluding carboxylic acids is 1. The minimum absolute atomic E-state index is 0.000872. The fourth-order valence-corrected chi connectivity index (χ4v) is 4.05. The molecule has 0 spiro atoms. The van der Waals surface area contributed by atoms with Gasteiger partial charge in [0, 0.05) is 30.3 Å². The molecule has 3 heterocycles. The summed E-state index contributed by atoms with van der Waals surface area (Å²) in [5.41, 5.74) is 3.22. The highest BCUT2D eigenvalue weighted by Crippen LogP contribution is 2.21. The van der Waals surface area contributed by atoms with Crippen molar-refractivity contribution >= 4 is 23.9 Å².